The Balaban J connectivity index is 4.24. The minimum absolute atomic E-state index is 0.173. The Morgan fingerprint density at radius 2 is 1.79 bits per heavy atom. The topological polar surface area (TPSA) is 34.1 Å². The van der Waals surface area contributed by atoms with Crippen molar-refractivity contribution in [3.05, 3.63) is 0 Å². The second-order valence-electron chi connectivity index (χ2n) is 4.74. The molecule has 0 spiro atoms. The molecule has 0 aromatic heterocycles. The minimum Gasteiger partial charge on any atom is -0.229 e. The summed E-state index contributed by atoms with van der Waals surface area (Å²) in [6.45, 7) is 8.15. The van der Waals surface area contributed by atoms with E-state index in [2.05, 4.69) is 36.7 Å². The smallest absolute Gasteiger partial charge is 0.150 e. The van der Waals surface area contributed by atoms with Crippen molar-refractivity contribution in [3.63, 3.8) is 0 Å². The van der Waals surface area contributed by atoms with Crippen molar-refractivity contribution < 1.29 is 8.42 Å². The highest BCUT2D eigenvalue weighted by Crippen LogP contribution is 2.30. The number of sulfone groups is 1. The maximum absolute atomic E-state index is 11.3. The van der Waals surface area contributed by atoms with Crippen LogP contribution in [0.25, 0.3) is 0 Å². The summed E-state index contributed by atoms with van der Waals surface area (Å²) in [5.41, 5.74) is 0.173. The molecule has 0 saturated heterocycles. The lowest BCUT2D eigenvalue weighted by Crippen LogP contribution is -2.25. The Labute approximate surface area is 96.5 Å². The number of rotatable bonds is 5. The molecule has 0 rings (SSSR count). The predicted molar refractivity (Wildman–Crippen MR) is 65.7 cm³/mol. The zero-order valence-corrected chi connectivity index (χ0v) is 11.9. The van der Waals surface area contributed by atoms with Gasteiger partial charge in [0.2, 0.25) is 0 Å². The lowest BCUT2D eigenvalue weighted by Gasteiger charge is -2.28. The van der Waals surface area contributed by atoms with Gasteiger partial charge in [0.15, 0.2) is 0 Å². The largest absolute Gasteiger partial charge is 0.229 e. The number of hydrogen-bond acceptors (Lipinski definition) is 2. The Morgan fingerprint density at radius 1 is 1.29 bits per heavy atom. The van der Waals surface area contributed by atoms with E-state index in [0.29, 0.717) is 11.7 Å². The van der Waals surface area contributed by atoms with Gasteiger partial charge in [0, 0.05) is 11.1 Å². The summed E-state index contributed by atoms with van der Waals surface area (Å²) < 4.78 is 22.7. The fourth-order valence-corrected chi connectivity index (χ4v) is 3.44. The fourth-order valence-electron chi connectivity index (χ4n) is 1.21. The first-order valence-corrected chi connectivity index (χ1v) is 7.93. The van der Waals surface area contributed by atoms with Crippen LogP contribution in [-0.4, -0.2) is 25.3 Å². The average Bonchev–Trinajstić information content (AvgIpc) is 2.03. The van der Waals surface area contributed by atoms with Crippen LogP contribution < -0.4 is 0 Å². The lowest BCUT2D eigenvalue weighted by molar-refractivity contribution is 0.262. The molecule has 0 heterocycles. The van der Waals surface area contributed by atoms with E-state index in [4.69, 9.17) is 0 Å². The second-order valence-corrected chi connectivity index (χ2v) is 7.86. The summed E-state index contributed by atoms with van der Waals surface area (Å²) in [7, 11) is -2.81. The van der Waals surface area contributed by atoms with E-state index in [1.54, 1.807) is 6.92 Å². The molecule has 1 atom stereocenters. The third kappa shape index (κ3) is 5.35. The van der Waals surface area contributed by atoms with Gasteiger partial charge < -0.3 is 0 Å². The summed E-state index contributed by atoms with van der Waals surface area (Å²) in [4.78, 5) is 0. The van der Waals surface area contributed by atoms with E-state index in [1.165, 1.54) is 0 Å². The summed E-state index contributed by atoms with van der Waals surface area (Å²) in [6, 6.07) is 0. The highest BCUT2D eigenvalue weighted by molar-refractivity contribution is 9.09. The van der Waals surface area contributed by atoms with Crippen molar-refractivity contribution in [2.45, 2.75) is 34.1 Å². The van der Waals surface area contributed by atoms with Crippen LogP contribution in [0.15, 0.2) is 0 Å². The number of halogens is 1. The van der Waals surface area contributed by atoms with E-state index < -0.39 is 9.84 Å². The highest BCUT2D eigenvalue weighted by atomic mass is 79.9. The standard InChI is InChI=1S/C10H21BrO2S/c1-5-14(12,13)7-6-9(8-11)10(2,3)4/h9H,5-8H2,1-4H3. The van der Waals surface area contributed by atoms with Crippen molar-refractivity contribution in [1.82, 2.24) is 0 Å². The van der Waals surface area contributed by atoms with Crippen LogP contribution in [0.1, 0.15) is 34.1 Å². The molecule has 0 aliphatic heterocycles. The van der Waals surface area contributed by atoms with Crippen molar-refractivity contribution in [3.8, 4) is 0 Å². The van der Waals surface area contributed by atoms with Gasteiger partial charge in [0.1, 0.15) is 9.84 Å². The second kappa shape index (κ2) is 5.50. The summed E-state index contributed by atoms with van der Waals surface area (Å²) in [6.07, 6.45) is 0.755. The molecule has 4 heteroatoms. The van der Waals surface area contributed by atoms with Gasteiger partial charge in [-0.05, 0) is 17.8 Å². The van der Waals surface area contributed by atoms with Crippen LogP contribution in [-0.2, 0) is 9.84 Å². The lowest BCUT2D eigenvalue weighted by atomic mass is 9.80. The van der Waals surface area contributed by atoms with Crippen molar-refractivity contribution in [1.29, 1.82) is 0 Å². The maximum Gasteiger partial charge on any atom is 0.150 e. The zero-order chi connectivity index (χ0) is 11.4. The van der Waals surface area contributed by atoms with E-state index in [-0.39, 0.29) is 11.2 Å². The monoisotopic (exact) mass is 284 g/mol. The van der Waals surface area contributed by atoms with Crippen LogP contribution in [0, 0.1) is 11.3 Å². The Morgan fingerprint density at radius 3 is 2.07 bits per heavy atom. The molecule has 0 aliphatic rings. The Hall–Kier alpha value is 0.430. The van der Waals surface area contributed by atoms with Crippen LogP contribution in [0.3, 0.4) is 0 Å². The SMILES string of the molecule is CCS(=O)(=O)CCC(CBr)C(C)(C)C. The van der Waals surface area contributed by atoms with E-state index >= 15 is 0 Å². The van der Waals surface area contributed by atoms with Crippen LogP contribution in [0.4, 0.5) is 0 Å². The van der Waals surface area contributed by atoms with Crippen LogP contribution in [0.5, 0.6) is 0 Å². The van der Waals surface area contributed by atoms with E-state index in [9.17, 15) is 8.42 Å². The van der Waals surface area contributed by atoms with Gasteiger partial charge in [-0.2, -0.15) is 0 Å². The van der Waals surface area contributed by atoms with E-state index in [1.807, 2.05) is 0 Å². The zero-order valence-electron chi connectivity index (χ0n) is 9.51. The molecule has 0 bridgehead atoms. The maximum atomic E-state index is 11.3. The average molecular weight is 285 g/mol. The van der Waals surface area contributed by atoms with Crippen molar-refractivity contribution in [2.75, 3.05) is 16.8 Å². The molecule has 1 unspecified atom stereocenters. The van der Waals surface area contributed by atoms with Gasteiger partial charge >= 0.3 is 0 Å². The molecule has 14 heavy (non-hydrogen) atoms. The van der Waals surface area contributed by atoms with Gasteiger partial charge in [-0.3, -0.25) is 0 Å². The van der Waals surface area contributed by atoms with Crippen molar-refractivity contribution >= 4 is 25.8 Å². The molecule has 0 fully saturated rings. The normalized spacial score (nSPS) is 15.5. The summed E-state index contributed by atoms with van der Waals surface area (Å²) in [5.74, 6) is 0.993. The van der Waals surface area contributed by atoms with Gasteiger partial charge in [-0.25, -0.2) is 8.42 Å². The molecule has 0 aliphatic carbocycles. The minimum atomic E-state index is -2.81. The molecule has 0 amide bonds. The van der Waals surface area contributed by atoms with E-state index in [0.717, 1.165) is 11.8 Å². The predicted octanol–water partition coefficient (Wildman–Crippen LogP) is 2.87. The number of alkyl halides is 1. The molecular formula is C10H21BrO2S. The number of hydrogen-bond donors (Lipinski definition) is 0. The summed E-state index contributed by atoms with van der Waals surface area (Å²) >= 11 is 3.45. The molecule has 86 valence electrons. The molecular weight excluding hydrogens is 264 g/mol. The van der Waals surface area contributed by atoms with Gasteiger partial charge in [0.05, 0.1) is 5.75 Å². The van der Waals surface area contributed by atoms with Gasteiger partial charge in [-0.15, -0.1) is 0 Å². The fraction of sp³-hybridized carbons (Fsp3) is 1.00. The molecule has 0 aromatic carbocycles. The van der Waals surface area contributed by atoms with Gasteiger partial charge in [0.25, 0.3) is 0 Å². The van der Waals surface area contributed by atoms with Crippen molar-refractivity contribution in [2.24, 2.45) is 11.3 Å². The molecule has 0 saturated carbocycles. The molecule has 0 radical (unpaired) electrons. The summed E-state index contributed by atoms with van der Waals surface area (Å²) in [5, 5.41) is 0.871. The third-order valence-corrected chi connectivity index (χ3v) is 5.15. The molecule has 0 N–H and O–H groups in total. The third-order valence-electron chi connectivity index (χ3n) is 2.63. The molecule has 2 nitrogen and oxygen atoms in total. The Kier molecular flexibility index (Phi) is 5.67. The first-order chi connectivity index (χ1) is 6.23. The van der Waals surface area contributed by atoms with Gasteiger partial charge in [-0.1, -0.05) is 43.6 Å². The first kappa shape index (κ1) is 14.4. The van der Waals surface area contributed by atoms with Crippen LogP contribution >= 0.6 is 15.9 Å². The molecule has 0 aromatic rings. The Bertz CT molecular complexity index is 252. The highest BCUT2D eigenvalue weighted by Gasteiger charge is 2.24. The first-order valence-electron chi connectivity index (χ1n) is 4.99. The quantitative estimate of drug-likeness (QED) is 0.728. The van der Waals surface area contributed by atoms with Crippen LogP contribution in [0.2, 0.25) is 0 Å².